The van der Waals surface area contributed by atoms with Gasteiger partial charge in [-0.1, -0.05) is 44.9 Å². The van der Waals surface area contributed by atoms with Gasteiger partial charge in [0.2, 0.25) is 0 Å². The molecule has 6 nitrogen and oxygen atoms in total. The van der Waals surface area contributed by atoms with E-state index in [4.69, 9.17) is 0 Å². The van der Waals surface area contributed by atoms with E-state index in [2.05, 4.69) is 6.08 Å². The summed E-state index contributed by atoms with van der Waals surface area (Å²) >= 11 is 0. The third-order valence-electron chi connectivity index (χ3n) is 3.23. The predicted molar refractivity (Wildman–Crippen MR) is 79.9 cm³/mol. The van der Waals surface area contributed by atoms with Crippen molar-refractivity contribution in [2.45, 2.75) is 64.7 Å². The molecule has 0 aromatic heterocycles. The van der Waals surface area contributed by atoms with Crippen LogP contribution in [0.4, 0.5) is 0 Å². The Hall–Kier alpha value is 3.78. The molecule has 0 atom stereocenters. The van der Waals surface area contributed by atoms with Crippen molar-refractivity contribution in [2.24, 2.45) is 0 Å². The fourth-order valence-corrected chi connectivity index (χ4v) is 4.38. The van der Waals surface area contributed by atoms with Gasteiger partial charge in [-0.25, -0.2) is 0 Å². The Balaban J connectivity index is -0.000000367. The number of hydrogen-bond acceptors (Lipinski definition) is 6. The molecule has 12 heteroatoms. The zero-order valence-corrected chi connectivity index (χ0v) is 27.1. The number of unbranched alkanes of at least 4 members (excludes halogenated alkanes) is 2. The van der Waals surface area contributed by atoms with Gasteiger partial charge in [-0.15, -0.1) is 0 Å². The summed E-state index contributed by atoms with van der Waals surface area (Å²) in [5.74, 6) is 0. The smallest absolute Gasteiger partial charge is 0.810 e. The van der Waals surface area contributed by atoms with Crippen molar-refractivity contribution in [3.63, 3.8) is 0 Å². The maximum atomic E-state index is 10.8. The van der Waals surface area contributed by atoms with Crippen LogP contribution < -0.4 is 138 Å². The van der Waals surface area contributed by atoms with Gasteiger partial charge in [0.25, 0.3) is 0 Å². The molecule has 0 saturated carbocycles. The van der Waals surface area contributed by atoms with Gasteiger partial charge in [-0.05, 0) is 52.9 Å². The van der Waals surface area contributed by atoms with E-state index in [1.165, 1.54) is 11.1 Å². The van der Waals surface area contributed by atoms with Crippen LogP contribution in [0.1, 0.15) is 59.3 Å². The van der Waals surface area contributed by atoms with Gasteiger partial charge in [-0.3, -0.25) is 0 Å². The summed E-state index contributed by atoms with van der Waals surface area (Å²) < 4.78 is 21.6. The zero-order valence-electron chi connectivity index (χ0n) is 17.3. The maximum absolute atomic E-state index is 10.8. The maximum Gasteiger partial charge on any atom is 1.00 e. The van der Waals surface area contributed by atoms with Gasteiger partial charge in [0.15, 0.2) is 0 Å². The van der Waals surface area contributed by atoms with E-state index in [1.807, 2.05) is 26.8 Å². The van der Waals surface area contributed by atoms with Crippen molar-refractivity contribution < 1.29 is 147 Å². The summed E-state index contributed by atoms with van der Waals surface area (Å²) in [6.45, 7) is 6.06. The summed E-state index contributed by atoms with van der Waals surface area (Å²) in [6, 6.07) is 0. The minimum Gasteiger partial charge on any atom is -0.810 e. The molecule has 0 aliphatic rings. The molecule has 0 N–H and O–H groups in total. The number of rotatable bonds is 10. The molecule has 0 aromatic rings. The van der Waals surface area contributed by atoms with E-state index in [-0.39, 0.29) is 125 Å². The van der Waals surface area contributed by atoms with E-state index >= 15 is 0 Å². The molecular weight excluding hydrogens is 418 g/mol. The molecular formula is C14H24Na4O6P2. The first-order valence-corrected chi connectivity index (χ1v) is 10.5. The zero-order chi connectivity index (χ0) is 17.4. The Morgan fingerprint density at radius 3 is 1.65 bits per heavy atom. The topological polar surface area (TPSA) is 126 Å². The first-order valence-electron chi connectivity index (χ1n) is 7.27. The Morgan fingerprint density at radius 1 is 0.808 bits per heavy atom. The third-order valence-corrected chi connectivity index (χ3v) is 6.90. The van der Waals surface area contributed by atoms with Crippen LogP contribution in [0.2, 0.25) is 0 Å². The SMILES string of the molecule is CC(C)=CCC/C(C)=C/CCCCC(P(=O)([O-])[O-])P(=O)([O-])[O-].[Na+].[Na+].[Na+].[Na+]. The second-order valence-corrected chi connectivity index (χ2v) is 9.53. The van der Waals surface area contributed by atoms with E-state index in [0.717, 1.165) is 12.8 Å². The van der Waals surface area contributed by atoms with Crippen LogP contribution in [-0.2, 0) is 9.13 Å². The first-order chi connectivity index (χ1) is 9.94. The van der Waals surface area contributed by atoms with Gasteiger partial charge in [0.05, 0.1) is 0 Å². The summed E-state index contributed by atoms with van der Waals surface area (Å²) in [7, 11) is -10.8. The van der Waals surface area contributed by atoms with Crippen molar-refractivity contribution in [3.05, 3.63) is 23.3 Å². The molecule has 0 rings (SSSR count). The van der Waals surface area contributed by atoms with Crippen LogP contribution in [-0.4, -0.2) is 5.40 Å². The molecule has 0 heterocycles. The normalized spacial score (nSPS) is 11.5. The van der Waals surface area contributed by atoms with E-state index < -0.39 is 27.0 Å². The number of allylic oxidation sites excluding steroid dienone is 4. The van der Waals surface area contributed by atoms with Gasteiger partial charge >= 0.3 is 118 Å². The van der Waals surface area contributed by atoms with Crippen molar-refractivity contribution in [1.29, 1.82) is 0 Å². The van der Waals surface area contributed by atoms with Crippen molar-refractivity contribution in [2.75, 3.05) is 0 Å². The van der Waals surface area contributed by atoms with Crippen LogP contribution in [0, 0.1) is 0 Å². The molecule has 0 fully saturated rings. The molecule has 0 bridgehead atoms. The quantitative estimate of drug-likeness (QED) is 0.143. The standard InChI is InChI=1S/C14H28O6P2.4Na/c1-12(2)8-7-10-13(3)9-5-4-6-11-14(21(15,16)17)22(18,19)20;;;;/h8-9,14H,4-7,10-11H2,1-3H3,(H2,15,16,17)(H2,18,19,20);;;;/q;4*+1/p-4/b13-9+;;;;. The number of hydrogen-bond donors (Lipinski definition) is 0. The van der Waals surface area contributed by atoms with Crippen LogP contribution in [0.15, 0.2) is 23.3 Å². The fraction of sp³-hybridized carbons (Fsp3) is 0.714. The molecule has 130 valence electrons. The molecule has 26 heavy (non-hydrogen) atoms. The van der Waals surface area contributed by atoms with Crippen LogP contribution in [0.5, 0.6) is 0 Å². The summed E-state index contributed by atoms with van der Waals surface area (Å²) in [5, 5.41) is -2.32. The van der Waals surface area contributed by atoms with Crippen LogP contribution in [0.3, 0.4) is 0 Å². The van der Waals surface area contributed by atoms with Crippen molar-refractivity contribution in [3.8, 4) is 0 Å². The largest absolute Gasteiger partial charge is 1.00 e. The van der Waals surface area contributed by atoms with E-state index in [0.29, 0.717) is 12.8 Å². The van der Waals surface area contributed by atoms with E-state index in [1.54, 1.807) is 0 Å². The Kier molecular flexibility index (Phi) is 31.9. The molecule has 0 unspecified atom stereocenters. The Bertz CT molecular complexity index is 476. The molecule has 0 spiro atoms. The summed E-state index contributed by atoms with van der Waals surface area (Å²) in [5.41, 5.74) is 2.46. The van der Waals surface area contributed by atoms with Gasteiger partial charge < -0.3 is 28.7 Å². The average molecular weight is 442 g/mol. The van der Waals surface area contributed by atoms with Crippen molar-refractivity contribution >= 4 is 15.2 Å². The van der Waals surface area contributed by atoms with Crippen LogP contribution >= 0.6 is 15.2 Å². The van der Waals surface area contributed by atoms with Crippen LogP contribution in [0.25, 0.3) is 0 Å². The minimum absolute atomic E-state index is 0. The second kappa shape index (κ2) is 20.7. The minimum atomic E-state index is -5.40. The molecule has 0 aromatic carbocycles. The fourth-order valence-electron chi connectivity index (χ4n) is 2.00. The third kappa shape index (κ3) is 22.5. The monoisotopic (exact) mass is 442 g/mol. The summed E-state index contributed by atoms with van der Waals surface area (Å²) in [4.78, 5) is 43.2. The second-order valence-electron chi connectivity index (χ2n) is 5.72. The Labute approximate surface area is 246 Å². The molecule has 0 aliphatic heterocycles. The molecule has 0 aliphatic carbocycles. The molecule has 0 saturated heterocycles. The average Bonchev–Trinajstić information content (AvgIpc) is 2.29. The summed E-state index contributed by atoms with van der Waals surface area (Å²) in [6.07, 6.45) is 7.04. The first kappa shape index (κ1) is 40.2. The molecule has 0 amide bonds. The van der Waals surface area contributed by atoms with Gasteiger partial charge in [-0.2, -0.15) is 0 Å². The Morgan fingerprint density at radius 2 is 1.27 bits per heavy atom. The van der Waals surface area contributed by atoms with Gasteiger partial charge in [0, 0.05) is 5.40 Å². The molecule has 0 radical (unpaired) electrons. The van der Waals surface area contributed by atoms with Gasteiger partial charge in [0.1, 0.15) is 0 Å². The van der Waals surface area contributed by atoms with Crippen molar-refractivity contribution in [1.82, 2.24) is 0 Å². The predicted octanol–water partition coefficient (Wildman–Crippen LogP) is -10.6. The van der Waals surface area contributed by atoms with E-state index in [9.17, 15) is 28.7 Å².